The van der Waals surface area contributed by atoms with Crippen molar-refractivity contribution in [3.63, 3.8) is 0 Å². The molecule has 0 bridgehead atoms. The number of benzene rings is 1. The number of amides is 1. The van der Waals surface area contributed by atoms with Crippen molar-refractivity contribution in [1.82, 2.24) is 10.3 Å². The Hall–Kier alpha value is -2.14. The smallest absolute Gasteiger partial charge is 0.241 e. The molecule has 2 heterocycles. The second-order valence-corrected chi connectivity index (χ2v) is 4.58. The molecule has 0 radical (unpaired) electrons. The third-order valence-corrected chi connectivity index (χ3v) is 3.22. The predicted octanol–water partition coefficient (Wildman–Crippen LogP) is 2.03. The first-order valence-electron chi connectivity index (χ1n) is 6.36. The highest BCUT2D eigenvalue weighted by Gasteiger charge is 2.21. The van der Waals surface area contributed by atoms with Crippen LogP contribution in [0.4, 0.5) is 5.69 Å². The molecule has 0 spiro atoms. The van der Waals surface area contributed by atoms with E-state index in [2.05, 4.69) is 15.6 Å². The average Bonchev–Trinajstić information content (AvgIpc) is 3.13. The van der Waals surface area contributed by atoms with Crippen LogP contribution in [0.25, 0.3) is 11.3 Å². The van der Waals surface area contributed by atoms with Gasteiger partial charge in [-0.15, -0.1) is 0 Å². The minimum absolute atomic E-state index is 0.0206. The molecule has 19 heavy (non-hydrogen) atoms. The summed E-state index contributed by atoms with van der Waals surface area (Å²) >= 11 is 0. The molecular formula is C14H15N3O2. The van der Waals surface area contributed by atoms with Crippen LogP contribution in [0.1, 0.15) is 12.8 Å². The van der Waals surface area contributed by atoms with Gasteiger partial charge in [0.2, 0.25) is 5.91 Å². The highest BCUT2D eigenvalue weighted by atomic mass is 16.3. The molecule has 2 N–H and O–H groups in total. The van der Waals surface area contributed by atoms with Crippen LogP contribution in [-0.4, -0.2) is 23.5 Å². The van der Waals surface area contributed by atoms with Crippen LogP contribution in [0.3, 0.4) is 0 Å². The van der Waals surface area contributed by atoms with Crippen molar-refractivity contribution in [2.45, 2.75) is 18.9 Å². The molecule has 1 fully saturated rings. The maximum atomic E-state index is 12.0. The van der Waals surface area contributed by atoms with E-state index in [-0.39, 0.29) is 11.9 Å². The fourth-order valence-electron chi connectivity index (χ4n) is 2.25. The maximum Gasteiger partial charge on any atom is 0.241 e. The van der Waals surface area contributed by atoms with Crippen molar-refractivity contribution in [2.24, 2.45) is 0 Å². The summed E-state index contributed by atoms with van der Waals surface area (Å²) in [5.74, 6) is 0.710. The van der Waals surface area contributed by atoms with E-state index in [1.54, 1.807) is 6.20 Å². The molecule has 1 atom stereocenters. The quantitative estimate of drug-likeness (QED) is 0.883. The van der Waals surface area contributed by atoms with Crippen molar-refractivity contribution in [2.75, 3.05) is 11.9 Å². The molecular weight excluding hydrogens is 242 g/mol. The molecule has 2 aromatic rings. The Kier molecular flexibility index (Phi) is 3.29. The number of carbonyl (C=O) groups is 1. The summed E-state index contributed by atoms with van der Waals surface area (Å²) in [7, 11) is 0. The Morgan fingerprint density at radius 3 is 3.16 bits per heavy atom. The minimum atomic E-state index is -0.0751. The predicted molar refractivity (Wildman–Crippen MR) is 71.6 cm³/mol. The lowest BCUT2D eigenvalue weighted by Crippen LogP contribution is -2.35. The van der Waals surface area contributed by atoms with Gasteiger partial charge in [-0.25, -0.2) is 4.98 Å². The number of rotatable bonds is 3. The molecule has 0 aliphatic carbocycles. The lowest BCUT2D eigenvalue weighted by molar-refractivity contribution is -0.117. The van der Waals surface area contributed by atoms with Crippen LogP contribution in [0.2, 0.25) is 0 Å². The monoisotopic (exact) mass is 257 g/mol. The van der Waals surface area contributed by atoms with E-state index in [9.17, 15) is 4.79 Å². The van der Waals surface area contributed by atoms with Gasteiger partial charge in [0, 0.05) is 11.3 Å². The van der Waals surface area contributed by atoms with Gasteiger partial charge >= 0.3 is 0 Å². The highest BCUT2D eigenvalue weighted by Crippen LogP contribution is 2.22. The van der Waals surface area contributed by atoms with E-state index in [4.69, 9.17) is 4.42 Å². The van der Waals surface area contributed by atoms with E-state index in [0.717, 1.165) is 30.6 Å². The summed E-state index contributed by atoms with van der Waals surface area (Å²) in [5.41, 5.74) is 1.67. The molecule has 5 heteroatoms. The van der Waals surface area contributed by atoms with Crippen LogP contribution < -0.4 is 10.6 Å². The summed E-state index contributed by atoms with van der Waals surface area (Å²) in [6.07, 6.45) is 4.99. The molecule has 5 nitrogen and oxygen atoms in total. The number of carbonyl (C=O) groups excluding carboxylic acids is 1. The summed E-state index contributed by atoms with van der Waals surface area (Å²) in [4.78, 5) is 15.9. The van der Waals surface area contributed by atoms with Crippen molar-refractivity contribution < 1.29 is 9.21 Å². The van der Waals surface area contributed by atoms with Gasteiger partial charge in [0.15, 0.2) is 12.2 Å². The number of oxazole rings is 1. The second-order valence-electron chi connectivity index (χ2n) is 4.58. The summed E-state index contributed by atoms with van der Waals surface area (Å²) in [6, 6.07) is 7.48. The van der Waals surface area contributed by atoms with E-state index >= 15 is 0 Å². The van der Waals surface area contributed by atoms with E-state index in [0.29, 0.717) is 5.76 Å². The van der Waals surface area contributed by atoms with Gasteiger partial charge in [-0.2, -0.15) is 0 Å². The fraction of sp³-hybridized carbons (Fsp3) is 0.286. The largest absolute Gasteiger partial charge is 0.444 e. The first-order valence-corrected chi connectivity index (χ1v) is 6.36. The molecule has 1 aromatic heterocycles. The number of nitrogens with one attached hydrogen (secondary N) is 2. The van der Waals surface area contributed by atoms with Gasteiger partial charge in [-0.05, 0) is 31.5 Å². The minimum Gasteiger partial charge on any atom is -0.444 e. The first kappa shape index (κ1) is 11.9. The SMILES string of the molecule is O=C(Nc1cccc(-c2cnco2)c1)[C@@H]1CCCN1. The number of hydrogen-bond acceptors (Lipinski definition) is 4. The summed E-state index contributed by atoms with van der Waals surface area (Å²) in [5, 5.41) is 6.10. The van der Waals surface area contributed by atoms with Gasteiger partial charge in [0.1, 0.15) is 0 Å². The molecule has 1 aromatic carbocycles. The Balaban J connectivity index is 1.74. The number of aromatic nitrogens is 1. The fourth-order valence-corrected chi connectivity index (χ4v) is 2.25. The maximum absolute atomic E-state index is 12.0. The molecule has 1 aliphatic rings. The molecule has 1 amide bonds. The topological polar surface area (TPSA) is 67.2 Å². The van der Waals surface area contributed by atoms with Gasteiger partial charge in [0.25, 0.3) is 0 Å². The van der Waals surface area contributed by atoms with Crippen LogP contribution in [0.5, 0.6) is 0 Å². The average molecular weight is 257 g/mol. The van der Waals surface area contributed by atoms with Crippen LogP contribution >= 0.6 is 0 Å². The summed E-state index contributed by atoms with van der Waals surface area (Å²) < 4.78 is 5.24. The molecule has 1 aliphatic heterocycles. The molecule has 1 saturated heterocycles. The lowest BCUT2D eigenvalue weighted by atomic mass is 10.1. The first-order chi connectivity index (χ1) is 9.33. The third kappa shape index (κ3) is 2.66. The van der Waals surface area contributed by atoms with Crippen LogP contribution in [-0.2, 0) is 4.79 Å². The van der Waals surface area contributed by atoms with Crippen LogP contribution in [0.15, 0.2) is 41.3 Å². The van der Waals surface area contributed by atoms with Gasteiger partial charge < -0.3 is 15.1 Å². The molecule has 0 saturated carbocycles. The Morgan fingerprint density at radius 1 is 1.47 bits per heavy atom. The zero-order valence-electron chi connectivity index (χ0n) is 10.4. The lowest BCUT2D eigenvalue weighted by Gasteiger charge is -2.11. The van der Waals surface area contributed by atoms with E-state index in [1.165, 1.54) is 6.39 Å². The third-order valence-electron chi connectivity index (χ3n) is 3.22. The zero-order chi connectivity index (χ0) is 13.1. The Morgan fingerprint density at radius 2 is 2.42 bits per heavy atom. The Labute approximate surface area is 111 Å². The zero-order valence-corrected chi connectivity index (χ0v) is 10.4. The number of anilines is 1. The van der Waals surface area contributed by atoms with E-state index < -0.39 is 0 Å². The number of hydrogen-bond donors (Lipinski definition) is 2. The molecule has 98 valence electrons. The van der Waals surface area contributed by atoms with Gasteiger partial charge in [-0.3, -0.25) is 4.79 Å². The van der Waals surface area contributed by atoms with E-state index in [1.807, 2.05) is 24.3 Å². The molecule has 3 rings (SSSR count). The van der Waals surface area contributed by atoms with Crippen molar-refractivity contribution in [1.29, 1.82) is 0 Å². The van der Waals surface area contributed by atoms with Crippen molar-refractivity contribution in [3.05, 3.63) is 36.9 Å². The highest BCUT2D eigenvalue weighted by molar-refractivity contribution is 5.95. The van der Waals surface area contributed by atoms with Gasteiger partial charge in [-0.1, -0.05) is 12.1 Å². The standard InChI is InChI=1S/C14H15N3O2/c18-14(12-5-2-6-16-12)17-11-4-1-3-10(7-11)13-8-15-9-19-13/h1,3-4,7-9,12,16H,2,5-6H2,(H,17,18)/t12-/m0/s1. The number of nitrogens with zero attached hydrogens (tertiary/aromatic N) is 1. The van der Waals surface area contributed by atoms with Gasteiger partial charge in [0.05, 0.1) is 12.2 Å². The normalized spacial score (nSPS) is 18.4. The van der Waals surface area contributed by atoms with Crippen molar-refractivity contribution in [3.8, 4) is 11.3 Å². The van der Waals surface area contributed by atoms with Crippen molar-refractivity contribution >= 4 is 11.6 Å². The Bertz CT molecular complexity index is 560. The van der Waals surface area contributed by atoms with Crippen LogP contribution in [0, 0.1) is 0 Å². The molecule has 0 unspecified atom stereocenters. The summed E-state index contributed by atoms with van der Waals surface area (Å²) in [6.45, 7) is 0.913. The second kappa shape index (κ2) is 5.24.